The number of hydrogen-bond donors (Lipinski definition) is 0. The summed E-state index contributed by atoms with van der Waals surface area (Å²) in [5.74, 6) is -0.170. The van der Waals surface area contributed by atoms with Crippen LogP contribution in [0.25, 0.3) is 0 Å². The molecule has 56 valence electrons. The fourth-order valence-electron chi connectivity index (χ4n) is 0.771. The molecule has 1 saturated heterocycles. The standard InChI is InChI=1S/C6H8O4/c7-4-9-2-1-5-3-6(8)10-5/h4-5H,1-3H2. The molecule has 1 unspecified atom stereocenters. The zero-order valence-electron chi connectivity index (χ0n) is 5.41. The van der Waals surface area contributed by atoms with Crippen molar-refractivity contribution in [1.29, 1.82) is 0 Å². The molecule has 0 bridgehead atoms. The molecule has 0 saturated carbocycles. The van der Waals surface area contributed by atoms with E-state index < -0.39 is 0 Å². The van der Waals surface area contributed by atoms with Crippen LogP contribution in [0.2, 0.25) is 0 Å². The highest BCUT2D eigenvalue weighted by Crippen LogP contribution is 2.15. The molecule has 0 amide bonds. The fourth-order valence-corrected chi connectivity index (χ4v) is 0.771. The number of hydrogen-bond acceptors (Lipinski definition) is 4. The van der Waals surface area contributed by atoms with Gasteiger partial charge in [0, 0.05) is 6.42 Å². The SMILES string of the molecule is O=COCCC1CC(=O)O1. The third kappa shape index (κ3) is 1.72. The Bertz CT molecular complexity index is 135. The van der Waals surface area contributed by atoms with Crippen LogP contribution in [0, 0.1) is 0 Å². The second kappa shape index (κ2) is 3.20. The minimum absolute atomic E-state index is 0.0209. The van der Waals surface area contributed by atoms with Crippen LogP contribution in [0.4, 0.5) is 0 Å². The molecule has 0 aliphatic carbocycles. The van der Waals surface area contributed by atoms with Gasteiger partial charge in [-0.1, -0.05) is 0 Å². The Morgan fingerprint density at radius 3 is 3.00 bits per heavy atom. The minimum Gasteiger partial charge on any atom is -0.468 e. The third-order valence-electron chi connectivity index (χ3n) is 1.32. The van der Waals surface area contributed by atoms with E-state index in [1.54, 1.807) is 0 Å². The van der Waals surface area contributed by atoms with Gasteiger partial charge in [0.2, 0.25) is 0 Å². The lowest BCUT2D eigenvalue weighted by molar-refractivity contribution is -0.170. The van der Waals surface area contributed by atoms with Crippen LogP contribution >= 0.6 is 0 Å². The van der Waals surface area contributed by atoms with E-state index in [0.717, 1.165) is 0 Å². The van der Waals surface area contributed by atoms with E-state index in [4.69, 9.17) is 0 Å². The van der Waals surface area contributed by atoms with Gasteiger partial charge >= 0.3 is 5.97 Å². The molecule has 1 heterocycles. The number of carbonyl (C=O) groups excluding carboxylic acids is 2. The Morgan fingerprint density at radius 1 is 1.80 bits per heavy atom. The lowest BCUT2D eigenvalue weighted by Gasteiger charge is -2.24. The first-order valence-electron chi connectivity index (χ1n) is 3.07. The van der Waals surface area contributed by atoms with Crippen molar-refractivity contribution in [3.05, 3.63) is 0 Å². The van der Waals surface area contributed by atoms with E-state index in [1.807, 2.05) is 0 Å². The Balaban J connectivity index is 1.95. The normalized spacial score (nSPS) is 22.8. The van der Waals surface area contributed by atoms with Gasteiger partial charge in [-0.25, -0.2) is 0 Å². The first-order chi connectivity index (χ1) is 4.83. The first kappa shape index (κ1) is 7.05. The summed E-state index contributed by atoms with van der Waals surface area (Å²) < 4.78 is 9.05. The van der Waals surface area contributed by atoms with Crippen molar-refractivity contribution < 1.29 is 19.1 Å². The lowest BCUT2D eigenvalue weighted by Crippen LogP contribution is -2.33. The van der Waals surface area contributed by atoms with E-state index >= 15 is 0 Å². The molecule has 1 fully saturated rings. The number of esters is 1. The highest BCUT2D eigenvalue weighted by molar-refractivity contribution is 5.75. The van der Waals surface area contributed by atoms with E-state index in [0.29, 0.717) is 25.9 Å². The number of rotatable bonds is 4. The first-order valence-corrected chi connectivity index (χ1v) is 3.07. The maximum absolute atomic E-state index is 10.2. The van der Waals surface area contributed by atoms with E-state index in [-0.39, 0.29) is 12.1 Å². The molecule has 1 atom stereocenters. The predicted molar refractivity (Wildman–Crippen MR) is 31.1 cm³/mol. The second-order valence-electron chi connectivity index (χ2n) is 2.07. The van der Waals surface area contributed by atoms with Gasteiger partial charge in [-0.2, -0.15) is 0 Å². The van der Waals surface area contributed by atoms with Crippen molar-refractivity contribution in [1.82, 2.24) is 0 Å². The summed E-state index contributed by atoms with van der Waals surface area (Å²) in [6.45, 7) is 0.724. The maximum Gasteiger partial charge on any atom is 0.309 e. The molecule has 1 rings (SSSR count). The average molecular weight is 144 g/mol. The molecule has 0 aromatic rings. The van der Waals surface area contributed by atoms with Crippen LogP contribution in [-0.2, 0) is 19.1 Å². The largest absolute Gasteiger partial charge is 0.468 e. The average Bonchev–Trinajstić information content (AvgIpc) is 1.85. The quantitative estimate of drug-likeness (QED) is 0.313. The molecule has 1 aliphatic rings. The summed E-state index contributed by atoms with van der Waals surface area (Å²) in [6.07, 6.45) is 1.06. The molecule has 4 nitrogen and oxygen atoms in total. The lowest BCUT2D eigenvalue weighted by atomic mass is 10.1. The molecule has 0 aromatic carbocycles. The van der Waals surface area contributed by atoms with E-state index in [9.17, 15) is 9.59 Å². The Labute approximate surface area is 58.1 Å². The third-order valence-corrected chi connectivity index (χ3v) is 1.32. The second-order valence-corrected chi connectivity index (χ2v) is 2.07. The summed E-state index contributed by atoms with van der Waals surface area (Å²) in [4.78, 5) is 19.8. The van der Waals surface area contributed by atoms with Gasteiger partial charge in [-0.05, 0) is 0 Å². The predicted octanol–water partition coefficient (Wildman–Crippen LogP) is -0.135. The Hall–Kier alpha value is -1.06. The number of carbonyl (C=O) groups is 2. The van der Waals surface area contributed by atoms with Gasteiger partial charge in [0.25, 0.3) is 6.47 Å². The molecule has 10 heavy (non-hydrogen) atoms. The summed E-state index contributed by atoms with van der Waals surface area (Å²) in [5, 5.41) is 0. The van der Waals surface area contributed by atoms with Gasteiger partial charge in [0.15, 0.2) is 0 Å². The summed E-state index contributed by atoms with van der Waals surface area (Å²) >= 11 is 0. The molecular formula is C6H8O4. The minimum atomic E-state index is -0.170. The van der Waals surface area contributed by atoms with Gasteiger partial charge in [-0.15, -0.1) is 0 Å². The highest BCUT2D eigenvalue weighted by atomic mass is 16.6. The van der Waals surface area contributed by atoms with Crippen molar-refractivity contribution in [3.63, 3.8) is 0 Å². The summed E-state index contributed by atoms with van der Waals surface area (Å²) in [6, 6.07) is 0. The van der Waals surface area contributed by atoms with Gasteiger partial charge in [0.1, 0.15) is 6.10 Å². The van der Waals surface area contributed by atoms with Crippen LogP contribution in [0.1, 0.15) is 12.8 Å². The summed E-state index contributed by atoms with van der Waals surface area (Å²) in [5.41, 5.74) is 0. The molecule has 0 N–H and O–H groups in total. The number of cyclic esters (lactones) is 1. The van der Waals surface area contributed by atoms with E-state index in [1.165, 1.54) is 0 Å². The zero-order chi connectivity index (χ0) is 7.40. The van der Waals surface area contributed by atoms with Gasteiger partial charge in [-0.3, -0.25) is 9.59 Å². The molecular weight excluding hydrogens is 136 g/mol. The smallest absolute Gasteiger partial charge is 0.309 e. The van der Waals surface area contributed by atoms with Crippen molar-refractivity contribution in [2.75, 3.05) is 6.61 Å². The van der Waals surface area contributed by atoms with Crippen LogP contribution in [0.3, 0.4) is 0 Å². The van der Waals surface area contributed by atoms with Crippen LogP contribution < -0.4 is 0 Å². The van der Waals surface area contributed by atoms with Crippen LogP contribution in [-0.4, -0.2) is 25.2 Å². The van der Waals surface area contributed by atoms with Crippen LogP contribution in [0.5, 0.6) is 0 Å². The Morgan fingerprint density at radius 2 is 2.50 bits per heavy atom. The van der Waals surface area contributed by atoms with Crippen molar-refractivity contribution in [2.24, 2.45) is 0 Å². The van der Waals surface area contributed by atoms with Gasteiger partial charge in [0.05, 0.1) is 13.0 Å². The Kier molecular flexibility index (Phi) is 2.25. The highest BCUT2D eigenvalue weighted by Gasteiger charge is 2.27. The molecule has 4 heteroatoms. The van der Waals surface area contributed by atoms with Crippen LogP contribution in [0.15, 0.2) is 0 Å². The topological polar surface area (TPSA) is 52.6 Å². The molecule has 1 aliphatic heterocycles. The number of ether oxygens (including phenoxy) is 2. The summed E-state index contributed by atoms with van der Waals surface area (Å²) in [7, 11) is 0. The molecule has 0 aromatic heterocycles. The van der Waals surface area contributed by atoms with E-state index in [2.05, 4.69) is 9.47 Å². The molecule has 0 radical (unpaired) electrons. The fraction of sp³-hybridized carbons (Fsp3) is 0.667. The van der Waals surface area contributed by atoms with Crippen molar-refractivity contribution >= 4 is 12.4 Å². The zero-order valence-corrected chi connectivity index (χ0v) is 5.41. The van der Waals surface area contributed by atoms with Crippen molar-refractivity contribution in [3.8, 4) is 0 Å². The van der Waals surface area contributed by atoms with Crippen molar-refractivity contribution in [2.45, 2.75) is 18.9 Å². The monoisotopic (exact) mass is 144 g/mol. The molecule has 0 spiro atoms. The maximum atomic E-state index is 10.2. The van der Waals surface area contributed by atoms with Gasteiger partial charge < -0.3 is 9.47 Å².